The zero-order valence-corrected chi connectivity index (χ0v) is 9.11. The molecule has 2 rings (SSSR count). The van der Waals surface area contributed by atoms with Crippen LogP contribution in [0.4, 0.5) is 4.39 Å². The second-order valence-corrected chi connectivity index (χ2v) is 4.15. The van der Waals surface area contributed by atoms with E-state index in [1.54, 1.807) is 24.0 Å². The highest BCUT2D eigenvalue weighted by molar-refractivity contribution is 5.82. The van der Waals surface area contributed by atoms with Gasteiger partial charge >= 0.3 is 0 Å². The number of aryl methyl sites for hydroxylation is 1. The second-order valence-electron chi connectivity index (χ2n) is 4.15. The van der Waals surface area contributed by atoms with Gasteiger partial charge in [0.2, 0.25) is 0 Å². The maximum Gasteiger partial charge on any atom is 0.251 e. The lowest BCUT2D eigenvalue weighted by Crippen LogP contribution is -2.28. The summed E-state index contributed by atoms with van der Waals surface area (Å²) in [4.78, 5) is 13.0. The van der Waals surface area contributed by atoms with E-state index in [0.717, 1.165) is 5.56 Å². The zero-order valence-electron chi connectivity index (χ0n) is 9.11. The Balaban J connectivity index is 2.10. The van der Waals surface area contributed by atoms with Gasteiger partial charge in [0, 0.05) is 13.1 Å². The lowest BCUT2D eigenvalue weighted by atomic mass is 10.1. The lowest BCUT2D eigenvalue weighted by molar-refractivity contribution is -0.134. The summed E-state index contributed by atoms with van der Waals surface area (Å²) in [7, 11) is 0. The van der Waals surface area contributed by atoms with Crippen LogP contribution in [-0.2, 0) is 11.3 Å². The van der Waals surface area contributed by atoms with Gasteiger partial charge < -0.3 is 10.0 Å². The minimum Gasteiger partial charge on any atom is -0.383 e. The Morgan fingerprint density at radius 3 is 2.88 bits per heavy atom. The number of nitrogens with zero attached hydrogens (tertiary/aromatic N) is 1. The molecule has 3 nitrogen and oxygen atoms in total. The maximum atomic E-state index is 13.3. The molecule has 16 heavy (non-hydrogen) atoms. The number of rotatable bonds is 2. The third-order valence-corrected chi connectivity index (χ3v) is 2.88. The first kappa shape index (κ1) is 11.1. The quantitative estimate of drug-likeness (QED) is 0.819. The molecule has 1 fully saturated rings. The average molecular weight is 223 g/mol. The molecule has 86 valence electrons. The Bertz CT molecular complexity index is 419. The summed E-state index contributed by atoms with van der Waals surface area (Å²) < 4.78 is 13.3. The molecule has 0 saturated carbocycles. The van der Waals surface area contributed by atoms with Crippen LogP contribution in [-0.4, -0.2) is 28.6 Å². The summed E-state index contributed by atoms with van der Waals surface area (Å²) in [6.07, 6.45) is -0.414. The molecule has 1 atom stereocenters. The van der Waals surface area contributed by atoms with Crippen molar-refractivity contribution in [2.45, 2.75) is 26.0 Å². The van der Waals surface area contributed by atoms with Crippen LogP contribution in [0.15, 0.2) is 18.2 Å². The van der Waals surface area contributed by atoms with Crippen molar-refractivity contribution in [2.24, 2.45) is 0 Å². The molecule has 0 bridgehead atoms. The number of carbonyl (C=O) groups is 1. The summed E-state index contributed by atoms with van der Waals surface area (Å²) in [6, 6.07) is 4.94. The first-order chi connectivity index (χ1) is 7.58. The maximum absolute atomic E-state index is 13.3. The average Bonchev–Trinajstić information content (AvgIpc) is 2.55. The Labute approximate surface area is 93.5 Å². The van der Waals surface area contributed by atoms with E-state index in [-0.39, 0.29) is 11.7 Å². The number of aliphatic hydroxyl groups is 1. The first-order valence-electron chi connectivity index (χ1n) is 5.30. The van der Waals surface area contributed by atoms with Crippen LogP contribution in [0.3, 0.4) is 0 Å². The predicted octanol–water partition coefficient (Wildman–Crippen LogP) is 1.23. The molecular weight excluding hydrogens is 209 g/mol. The zero-order chi connectivity index (χ0) is 11.7. The molecule has 1 heterocycles. The summed E-state index contributed by atoms with van der Waals surface area (Å²) in [6.45, 7) is 2.60. The van der Waals surface area contributed by atoms with Crippen molar-refractivity contribution in [2.75, 3.05) is 6.54 Å². The van der Waals surface area contributed by atoms with Crippen molar-refractivity contribution >= 4 is 5.91 Å². The summed E-state index contributed by atoms with van der Waals surface area (Å²) >= 11 is 0. The van der Waals surface area contributed by atoms with Gasteiger partial charge in [-0.15, -0.1) is 0 Å². The molecular formula is C12H14FNO2. The third-order valence-electron chi connectivity index (χ3n) is 2.88. The van der Waals surface area contributed by atoms with Crippen molar-refractivity contribution in [1.29, 1.82) is 0 Å². The fourth-order valence-electron chi connectivity index (χ4n) is 1.83. The van der Waals surface area contributed by atoms with Gasteiger partial charge in [0.1, 0.15) is 11.9 Å². The van der Waals surface area contributed by atoms with E-state index in [1.165, 1.54) is 6.07 Å². The number of carbonyl (C=O) groups excluding carboxylic acids is 1. The van der Waals surface area contributed by atoms with Crippen molar-refractivity contribution in [3.8, 4) is 0 Å². The molecule has 1 aromatic rings. The monoisotopic (exact) mass is 223 g/mol. The Morgan fingerprint density at radius 1 is 1.56 bits per heavy atom. The number of aliphatic hydroxyl groups excluding tert-OH is 1. The summed E-state index contributed by atoms with van der Waals surface area (Å²) in [5.41, 5.74) is 1.35. The fraction of sp³-hybridized carbons (Fsp3) is 0.417. The van der Waals surface area contributed by atoms with Gasteiger partial charge in [0.05, 0.1) is 0 Å². The first-order valence-corrected chi connectivity index (χ1v) is 5.30. The van der Waals surface area contributed by atoms with Gasteiger partial charge in [-0.3, -0.25) is 4.79 Å². The fourth-order valence-corrected chi connectivity index (χ4v) is 1.83. The molecule has 1 aromatic carbocycles. The standard InChI is InChI=1S/C12H14FNO2/c1-8-2-3-9(6-10(8)13)7-14-5-4-11(15)12(14)16/h2-3,6,11,15H,4-5,7H2,1H3/t11-/m0/s1. The van der Waals surface area contributed by atoms with Crippen LogP contribution >= 0.6 is 0 Å². The van der Waals surface area contributed by atoms with E-state index in [9.17, 15) is 14.3 Å². The number of hydrogen-bond acceptors (Lipinski definition) is 2. The number of hydrogen-bond donors (Lipinski definition) is 1. The second kappa shape index (κ2) is 4.22. The van der Waals surface area contributed by atoms with Crippen molar-refractivity contribution in [3.63, 3.8) is 0 Å². The Hall–Kier alpha value is -1.42. The van der Waals surface area contributed by atoms with Crippen LogP contribution in [0, 0.1) is 12.7 Å². The van der Waals surface area contributed by atoms with Crippen LogP contribution in [0.25, 0.3) is 0 Å². The van der Waals surface area contributed by atoms with Gasteiger partial charge in [-0.25, -0.2) is 4.39 Å². The molecule has 4 heteroatoms. The summed E-state index contributed by atoms with van der Waals surface area (Å²) in [5.74, 6) is -0.523. The van der Waals surface area contributed by atoms with Crippen molar-refractivity contribution in [1.82, 2.24) is 4.90 Å². The van der Waals surface area contributed by atoms with E-state index in [1.807, 2.05) is 0 Å². The molecule has 0 unspecified atom stereocenters. The topological polar surface area (TPSA) is 40.5 Å². The molecule has 0 spiro atoms. The van der Waals surface area contributed by atoms with Gasteiger partial charge in [0.15, 0.2) is 0 Å². The molecule has 1 aliphatic heterocycles. The number of halogens is 1. The lowest BCUT2D eigenvalue weighted by Gasteiger charge is -2.15. The minimum atomic E-state index is -0.879. The number of likely N-dealkylation sites (tertiary alicyclic amines) is 1. The van der Waals surface area contributed by atoms with E-state index >= 15 is 0 Å². The molecule has 0 aliphatic carbocycles. The minimum absolute atomic E-state index is 0.260. The Morgan fingerprint density at radius 2 is 2.31 bits per heavy atom. The van der Waals surface area contributed by atoms with Crippen LogP contribution in [0.1, 0.15) is 17.5 Å². The van der Waals surface area contributed by atoms with E-state index in [0.29, 0.717) is 25.1 Å². The number of amides is 1. The SMILES string of the molecule is Cc1ccc(CN2CC[C@H](O)C2=O)cc1F. The van der Waals surface area contributed by atoms with E-state index < -0.39 is 6.10 Å². The largest absolute Gasteiger partial charge is 0.383 e. The molecule has 1 N–H and O–H groups in total. The molecule has 1 aliphatic rings. The molecule has 1 amide bonds. The van der Waals surface area contributed by atoms with Gasteiger partial charge in [-0.05, 0) is 30.5 Å². The van der Waals surface area contributed by atoms with Crippen LogP contribution in [0.5, 0.6) is 0 Å². The third kappa shape index (κ3) is 2.07. The summed E-state index contributed by atoms with van der Waals surface area (Å²) in [5, 5.41) is 9.28. The normalized spacial score (nSPS) is 20.6. The predicted molar refractivity (Wildman–Crippen MR) is 57.2 cm³/mol. The molecule has 0 radical (unpaired) electrons. The molecule has 1 saturated heterocycles. The highest BCUT2D eigenvalue weighted by Crippen LogP contribution is 2.16. The number of benzene rings is 1. The Kier molecular flexibility index (Phi) is 2.92. The molecule has 0 aromatic heterocycles. The van der Waals surface area contributed by atoms with Crippen LogP contribution < -0.4 is 0 Å². The van der Waals surface area contributed by atoms with Gasteiger partial charge in [-0.2, -0.15) is 0 Å². The van der Waals surface area contributed by atoms with Crippen LogP contribution in [0.2, 0.25) is 0 Å². The van der Waals surface area contributed by atoms with E-state index in [2.05, 4.69) is 0 Å². The van der Waals surface area contributed by atoms with Crippen molar-refractivity contribution in [3.05, 3.63) is 35.1 Å². The highest BCUT2D eigenvalue weighted by Gasteiger charge is 2.29. The van der Waals surface area contributed by atoms with Crippen molar-refractivity contribution < 1.29 is 14.3 Å². The van der Waals surface area contributed by atoms with Gasteiger partial charge in [0.25, 0.3) is 5.91 Å². The smallest absolute Gasteiger partial charge is 0.251 e. The van der Waals surface area contributed by atoms with Gasteiger partial charge in [-0.1, -0.05) is 12.1 Å². The van der Waals surface area contributed by atoms with E-state index in [4.69, 9.17) is 0 Å². The highest BCUT2D eigenvalue weighted by atomic mass is 19.1.